The second-order valence-corrected chi connectivity index (χ2v) is 5.00. The number of benzene rings is 1. The summed E-state index contributed by atoms with van der Waals surface area (Å²) in [4.78, 5) is 23.1. The first-order valence-corrected chi connectivity index (χ1v) is 6.60. The lowest BCUT2D eigenvalue weighted by atomic mass is 10.1. The Morgan fingerprint density at radius 2 is 2.14 bits per heavy atom. The lowest BCUT2D eigenvalue weighted by Gasteiger charge is -2.08. The van der Waals surface area contributed by atoms with Crippen LogP contribution in [0.2, 0.25) is 0 Å². The van der Waals surface area contributed by atoms with Crippen LogP contribution in [0.4, 0.5) is 0 Å². The monoisotopic (exact) mass is 291 g/mol. The molecule has 2 rings (SSSR count). The standard InChI is InChI=1S/C15H17NO5/c1-9(2)16-14(18)8-21-15(19)5-10-7-20-13-6-11(17)3-4-12(10)13/h3-4,6-7,9,17H,5,8H2,1-2H3,(H,16,18). The summed E-state index contributed by atoms with van der Waals surface area (Å²) >= 11 is 0. The van der Waals surface area contributed by atoms with E-state index >= 15 is 0 Å². The lowest BCUT2D eigenvalue weighted by Crippen LogP contribution is -2.34. The van der Waals surface area contributed by atoms with E-state index in [0.717, 1.165) is 5.39 Å². The Bertz CT molecular complexity index is 659. The van der Waals surface area contributed by atoms with Crippen molar-refractivity contribution in [2.45, 2.75) is 26.3 Å². The lowest BCUT2D eigenvalue weighted by molar-refractivity contribution is -0.148. The van der Waals surface area contributed by atoms with E-state index in [4.69, 9.17) is 9.15 Å². The number of furan rings is 1. The number of esters is 1. The molecule has 0 saturated carbocycles. The zero-order valence-electron chi connectivity index (χ0n) is 11.9. The van der Waals surface area contributed by atoms with Gasteiger partial charge in [-0.1, -0.05) is 0 Å². The van der Waals surface area contributed by atoms with Gasteiger partial charge in [0.1, 0.15) is 11.3 Å². The second-order valence-electron chi connectivity index (χ2n) is 5.00. The summed E-state index contributed by atoms with van der Waals surface area (Å²) in [6, 6.07) is 4.66. The average molecular weight is 291 g/mol. The second kappa shape index (κ2) is 6.30. The number of phenolic OH excluding ortho intramolecular Hbond substituents is 1. The number of phenols is 1. The summed E-state index contributed by atoms with van der Waals surface area (Å²) in [6.45, 7) is 3.35. The molecule has 1 aromatic heterocycles. The van der Waals surface area contributed by atoms with Crippen molar-refractivity contribution in [3.8, 4) is 5.75 Å². The highest BCUT2D eigenvalue weighted by molar-refractivity contribution is 5.87. The summed E-state index contributed by atoms with van der Waals surface area (Å²) in [6.07, 6.45) is 1.45. The Kier molecular flexibility index (Phi) is 4.47. The third-order valence-electron chi connectivity index (χ3n) is 2.79. The molecular formula is C15H17NO5. The normalized spacial score (nSPS) is 10.8. The van der Waals surface area contributed by atoms with Crippen molar-refractivity contribution in [3.63, 3.8) is 0 Å². The first-order valence-electron chi connectivity index (χ1n) is 6.60. The highest BCUT2D eigenvalue weighted by Crippen LogP contribution is 2.25. The number of ether oxygens (including phenoxy) is 1. The largest absolute Gasteiger partial charge is 0.508 e. The number of amides is 1. The molecule has 21 heavy (non-hydrogen) atoms. The Morgan fingerprint density at radius 3 is 2.86 bits per heavy atom. The first-order chi connectivity index (χ1) is 9.95. The number of rotatable bonds is 5. The van der Waals surface area contributed by atoms with Gasteiger partial charge < -0.3 is 19.6 Å². The molecule has 0 aliphatic rings. The van der Waals surface area contributed by atoms with Crippen molar-refractivity contribution >= 4 is 22.8 Å². The number of aromatic hydroxyl groups is 1. The molecule has 2 aromatic rings. The molecule has 6 nitrogen and oxygen atoms in total. The zero-order valence-corrected chi connectivity index (χ0v) is 11.9. The van der Waals surface area contributed by atoms with Gasteiger partial charge in [0.15, 0.2) is 6.61 Å². The van der Waals surface area contributed by atoms with Gasteiger partial charge in [-0.3, -0.25) is 9.59 Å². The maximum Gasteiger partial charge on any atom is 0.310 e. The number of nitrogens with one attached hydrogen (secondary N) is 1. The smallest absolute Gasteiger partial charge is 0.310 e. The molecule has 1 aromatic carbocycles. The minimum absolute atomic E-state index is 0.00157. The van der Waals surface area contributed by atoms with E-state index in [1.54, 1.807) is 6.07 Å². The molecule has 0 atom stereocenters. The van der Waals surface area contributed by atoms with Crippen molar-refractivity contribution in [3.05, 3.63) is 30.0 Å². The van der Waals surface area contributed by atoms with Crippen LogP contribution in [-0.4, -0.2) is 29.6 Å². The molecule has 0 unspecified atom stereocenters. The number of carbonyl (C=O) groups excluding carboxylic acids is 2. The van der Waals surface area contributed by atoms with Crippen molar-refractivity contribution in [2.75, 3.05) is 6.61 Å². The van der Waals surface area contributed by atoms with Gasteiger partial charge in [0, 0.05) is 23.1 Å². The van der Waals surface area contributed by atoms with E-state index in [9.17, 15) is 14.7 Å². The minimum atomic E-state index is -0.510. The molecule has 0 aliphatic carbocycles. The van der Waals surface area contributed by atoms with Gasteiger partial charge in [0.2, 0.25) is 0 Å². The summed E-state index contributed by atoms with van der Waals surface area (Å²) in [7, 11) is 0. The molecular weight excluding hydrogens is 274 g/mol. The van der Waals surface area contributed by atoms with Crippen LogP contribution in [0, 0.1) is 0 Å². The molecule has 6 heteroatoms. The maximum atomic E-state index is 11.7. The van der Waals surface area contributed by atoms with E-state index in [1.165, 1.54) is 18.4 Å². The fourth-order valence-electron chi connectivity index (χ4n) is 1.93. The Hall–Kier alpha value is -2.50. The van der Waals surface area contributed by atoms with Gasteiger partial charge in [-0.05, 0) is 26.0 Å². The van der Waals surface area contributed by atoms with Crippen LogP contribution in [0.15, 0.2) is 28.9 Å². The van der Waals surface area contributed by atoms with E-state index in [0.29, 0.717) is 11.1 Å². The van der Waals surface area contributed by atoms with Crippen LogP contribution >= 0.6 is 0 Å². The summed E-state index contributed by atoms with van der Waals surface area (Å²) in [5.41, 5.74) is 1.15. The number of hydrogen-bond acceptors (Lipinski definition) is 5. The highest BCUT2D eigenvalue weighted by atomic mass is 16.5. The summed E-state index contributed by atoms with van der Waals surface area (Å²) < 4.78 is 10.2. The van der Waals surface area contributed by atoms with Crippen LogP contribution in [0.3, 0.4) is 0 Å². The molecule has 0 spiro atoms. The van der Waals surface area contributed by atoms with Crippen LogP contribution in [-0.2, 0) is 20.7 Å². The first kappa shape index (κ1) is 14.9. The molecule has 0 aliphatic heterocycles. The van der Waals surface area contributed by atoms with Crippen LogP contribution in [0.5, 0.6) is 5.75 Å². The van der Waals surface area contributed by atoms with Crippen LogP contribution in [0.25, 0.3) is 11.0 Å². The number of carbonyl (C=O) groups is 2. The minimum Gasteiger partial charge on any atom is -0.508 e. The van der Waals surface area contributed by atoms with Crippen molar-refractivity contribution in [1.82, 2.24) is 5.32 Å². The van der Waals surface area contributed by atoms with Crippen molar-refractivity contribution in [2.24, 2.45) is 0 Å². The number of hydrogen-bond donors (Lipinski definition) is 2. The number of fused-ring (bicyclic) bond motifs is 1. The van der Waals surface area contributed by atoms with Gasteiger partial charge >= 0.3 is 5.97 Å². The molecule has 0 bridgehead atoms. The average Bonchev–Trinajstić information content (AvgIpc) is 2.78. The topological polar surface area (TPSA) is 88.8 Å². The summed E-state index contributed by atoms with van der Waals surface area (Å²) in [5.74, 6) is -0.749. The quantitative estimate of drug-likeness (QED) is 0.819. The zero-order chi connectivity index (χ0) is 15.4. The molecule has 2 N–H and O–H groups in total. The molecule has 1 amide bonds. The van der Waals surface area contributed by atoms with E-state index in [1.807, 2.05) is 13.8 Å². The molecule has 0 saturated heterocycles. The van der Waals surface area contributed by atoms with E-state index in [-0.39, 0.29) is 30.7 Å². The van der Waals surface area contributed by atoms with Crippen LogP contribution < -0.4 is 5.32 Å². The molecule has 0 fully saturated rings. The van der Waals surface area contributed by atoms with Crippen molar-refractivity contribution < 1.29 is 23.8 Å². The Labute approximate surface area is 121 Å². The van der Waals surface area contributed by atoms with Crippen LogP contribution in [0.1, 0.15) is 19.4 Å². The van der Waals surface area contributed by atoms with Gasteiger partial charge in [-0.15, -0.1) is 0 Å². The SMILES string of the molecule is CC(C)NC(=O)COC(=O)Cc1coc2cc(O)ccc12. The van der Waals surface area contributed by atoms with E-state index in [2.05, 4.69) is 5.32 Å². The maximum absolute atomic E-state index is 11.7. The fourth-order valence-corrected chi connectivity index (χ4v) is 1.93. The molecule has 112 valence electrons. The molecule has 0 radical (unpaired) electrons. The van der Waals surface area contributed by atoms with Crippen molar-refractivity contribution in [1.29, 1.82) is 0 Å². The predicted molar refractivity (Wildman–Crippen MR) is 75.8 cm³/mol. The van der Waals surface area contributed by atoms with Gasteiger partial charge in [0.25, 0.3) is 5.91 Å². The van der Waals surface area contributed by atoms with Gasteiger partial charge in [-0.25, -0.2) is 0 Å². The Morgan fingerprint density at radius 1 is 1.38 bits per heavy atom. The molecule has 1 heterocycles. The summed E-state index contributed by atoms with van der Waals surface area (Å²) in [5, 5.41) is 12.7. The van der Waals surface area contributed by atoms with Gasteiger partial charge in [0.05, 0.1) is 12.7 Å². The third kappa shape index (κ3) is 3.98. The van der Waals surface area contributed by atoms with E-state index < -0.39 is 5.97 Å². The fraction of sp³-hybridized carbons (Fsp3) is 0.333. The predicted octanol–water partition coefficient (Wildman–Crippen LogP) is 1.75. The van der Waals surface area contributed by atoms with Gasteiger partial charge in [-0.2, -0.15) is 0 Å². The Balaban J connectivity index is 1.94. The third-order valence-corrected chi connectivity index (χ3v) is 2.79. The highest BCUT2D eigenvalue weighted by Gasteiger charge is 2.13.